The number of benzene rings is 2. The SMILES string of the molecule is COc1ccc(-n2c(SC(C)C(=O)c3ccc4c(c3)NC(=O)CO4)nnc2-c2ccncc2)cc1. The Morgan fingerprint density at radius 3 is 2.63 bits per heavy atom. The highest BCUT2D eigenvalue weighted by Crippen LogP contribution is 2.33. The third-order valence-corrected chi connectivity index (χ3v) is 6.49. The van der Waals surface area contributed by atoms with Crippen LogP contribution in [-0.4, -0.2) is 50.4 Å². The molecule has 10 heteroatoms. The number of carbonyl (C=O) groups excluding carboxylic acids is 2. The van der Waals surface area contributed by atoms with E-state index in [1.165, 1.54) is 11.8 Å². The van der Waals surface area contributed by atoms with Crippen molar-refractivity contribution in [1.82, 2.24) is 19.7 Å². The molecule has 5 rings (SSSR count). The molecule has 1 atom stereocenters. The number of thioether (sulfide) groups is 1. The smallest absolute Gasteiger partial charge is 0.262 e. The standard InChI is InChI=1S/C25H21N5O4S/c1-15(23(32)17-3-8-21-20(13-17)27-22(31)14-34-21)35-25-29-28-24(16-9-11-26-12-10-16)30(25)18-4-6-19(33-2)7-5-18/h3-13,15H,14H2,1-2H3,(H,27,31). The highest BCUT2D eigenvalue weighted by molar-refractivity contribution is 8.00. The quantitative estimate of drug-likeness (QED) is 0.307. The number of hydrogen-bond acceptors (Lipinski definition) is 8. The van der Waals surface area contributed by atoms with E-state index in [1.807, 2.05) is 47.9 Å². The molecule has 0 saturated carbocycles. The van der Waals surface area contributed by atoms with Crippen molar-refractivity contribution in [1.29, 1.82) is 0 Å². The van der Waals surface area contributed by atoms with Crippen LogP contribution in [0.25, 0.3) is 17.1 Å². The lowest BCUT2D eigenvalue weighted by Gasteiger charge is -2.19. The average molecular weight is 488 g/mol. The molecule has 9 nitrogen and oxygen atoms in total. The lowest BCUT2D eigenvalue weighted by Crippen LogP contribution is -2.25. The largest absolute Gasteiger partial charge is 0.497 e. The number of ether oxygens (including phenoxy) is 2. The van der Waals surface area contributed by atoms with Crippen LogP contribution in [0.1, 0.15) is 17.3 Å². The predicted molar refractivity (Wildman–Crippen MR) is 131 cm³/mol. The molecule has 4 aromatic rings. The number of amides is 1. The summed E-state index contributed by atoms with van der Waals surface area (Å²) in [6.45, 7) is 1.79. The first-order chi connectivity index (χ1) is 17.0. The molecule has 0 spiro atoms. The van der Waals surface area contributed by atoms with Gasteiger partial charge in [0.1, 0.15) is 11.5 Å². The van der Waals surface area contributed by atoms with Crippen LogP contribution in [0.4, 0.5) is 5.69 Å². The minimum atomic E-state index is -0.472. The molecule has 1 aliphatic heterocycles. The minimum absolute atomic E-state index is 0.0343. The van der Waals surface area contributed by atoms with E-state index < -0.39 is 5.25 Å². The van der Waals surface area contributed by atoms with Gasteiger partial charge in [-0.2, -0.15) is 0 Å². The summed E-state index contributed by atoms with van der Waals surface area (Å²) in [5, 5.41) is 11.7. The van der Waals surface area contributed by atoms with Gasteiger partial charge in [-0.15, -0.1) is 10.2 Å². The van der Waals surface area contributed by atoms with Crippen molar-refractivity contribution >= 4 is 29.1 Å². The van der Waals surface area contributed by atoms with E-state index in [0.29, 0.717) is 28.0 Å². The highest BCUT2D eigenvalue weighted by atomic mass is 32.2. The van der Waals surface area contributed by atoms with Gasteiger partial charge in [-0.1, -0.05) is 11.8 Å². The molecule has 35 heavy (non-hydrogen) atoms. The zero-order valence-corrected chi connectivity index (χ0v) is 19.8. The third kappa shape index (κ3) is 4.60. The van der Waals surface area contributed by atoms with Gasteiger partial charge in [0.05, 0.1) is 18.0 Å². The topological polar surface area (TPSA) is 108 Å². The van der Waals surface area contributed by atoms with E-state index >= 15 is 0 Å². The second-order valence-corrected chi connectivity index (χ2v) is 9.06. The van der Waals surface area contributed by atoms with Gasteiger partial charge in [-0.25, -0.2) is 0 Å². The Hall–Kier alpha value is -4.18. The fourth-order valence-electron chi connectivity index (χ4n) is 3.68. The number of Topliss-reactive ketones (excluding diaryl/α,β-unsaturated/α-hetero) is 1. The first-order valence-electron chi connectivity index (χ1n) is 10.8. The van der Waals surface area contributed by atoms with Gasteiger partial charge in [0.2, 0.25) is 0 Å². The average Bonchev–Trinajstić information content (AvgIpc) is 3.31. The Labute approximate surface area is 205 Å². The van der Waals surface area contributed by atoms with E-state index in [-0.39, 0.29) is 18.3 Å². The molecule has 0 radical (unpaired) electrons. The molecule has 176 valence electrons. The summed E-state index contributed by atoms with van der Waals surface area (Å²) >= 11 is 1.31. The third-order valence-electron chi connectivity index (χ3n) is 5.45. The van der Waals surface area contributed by atoms with Crippen molar-refractivity contribution in [3.05, 3.63) is 72.6 Å². The fraction of sp³-hybridized carbons (Fsp3) is 0.160. The van der Waals surface area contributed by atoms with Crippen molar-refractivity contribution in [2.24, 2.45) is 0 Å². The number of nitrogens with one attached hydrogen (secondary N) is 1. The van der Waals surface area contributed by atoms with Gasteiger partial charge in [-0.3, -0.25) is 19.1 Å². The van der Waals surface area contributed by atoms with Gasteiger partial charge < -0.3 is 14.8 Å². The molecule has 1 aliphatic rings. The summed E-state index contributed by atoms with van der Waals surface area (Å²) in [6, 6.07) is 16.3. The number of aromatic nitrogens is 4. The van der Waals surface area contributed by atoms with Gasteiger partial charge in [0.25, 0.3) is 5.91 Å². The molecule has 0 aliphatic carbocycles. The first-order valence-corrected chi connectivity index (χ1v) is 11.7. The predicted octanol–water partition coefficient (Wildman–Crippen LogP) is 4.03. The molecule has 0 saturated heterocycles. The van der Waals surface area contributed by atoms with E-state index in [1.54, 1.807) is 37.7 Å². The highest BCUT2D eigenvalue weighted by Gasteiger charge is 2.24. The summed E-state index contributed by atoms with van der Waals surface area (Å²) in [5.41, 5.74) is 2.64. The number of nitrogens with zero attached hydrogens (tertiary/aromatic N) is 4. The maximum absolute atomic E-state index is 13.3. The number of hydrogen-bond donors (Lipinski definition) is 1. The van der Waals surface area contributed by atoms with Crippen molar-refractivity contribution in [3.8, 4) is 28.6 Å². The number of rotatable bonds is 7. The van der Waals surface area contributed by atoms with Crippen LogP contribution in [0.2, 0.25) is 0 Å². The number of anilines is 1. The number of ketones is 1. The molecule has 2 aromatic carbocycles. The molecule has 2 aromatic heterocycles. The summed E-state index contributed by atoms with van der Waals surface area (Å²) < 4.78 is 12.6. The van der Waals surface area contributed by atoms with Gasteiger partial charge in [0, 0.05) is 29.2 Å². The van der Waals surface area contributed by atoms with Crippen LogP contribution in [0, 0.1) is 0 Å². The first kappa shape index (κ1) is 22.6. The van der Waals surface area contributed by atoms with Crippen molar-refractivity contribution in [2.75, 3.05) is 19.0 Å². The molecule has 1 unspecified atom stereocenters. The van der Waals surface area contributed by atoms with E-state index in [0.717, 1.165) is 17.0 Å². The van der Waals surface area contributed by atoms with Gasteiger partial charge in [-0.05, 0) is 61.5 Å². The normalized spacial score (nSPS) is 13.4. The summed E-state index contributed by atoms with van der Waals surface area (Å²) in [4.78, 5) is 29.0. The van der Waals surface area contributed by atoms with Crippen LogP contribution in [0.5, 0.6) is 11.5 Å². The lowest BCUT2D eigenvalue weighted by atomic mass is 10.1. The molecule has 0 fully saturated rings. The van der Waals surface area contributed by atoms with Crippen LogP contribution in [0.3, 0.4) is 0 Å². The molecule has 1 amide bonds. The second kappa shape index (κ2) is 9.59. The van der Waals surface area contributed by atoms with Crippen molar-refractivity contribution in [2.45, 2.75) is 17.3 Å². The van der Waals surface area contributed by atoms with Crippen LogP contribution in [-0.2, 0) is 4.79 Å². The van der Waals surface area contributed by atoms with Crippen molar-refractivity contribution < 1.29 is 19.1 Å². The van der Waals surface area contributed by atoms with E-state index in [2.05, 4.69) is 20.5 Å². The Bertz CT molecular complexity index is 1390. The summed E-state index contributed by atoms with van der Waals surface area (Å²) in [6.07, 6.45) is 3.39. The van der Waals surface area contributed by atoms with Gasteiger partial charge in [0.15, 0.2) is 23.4 Å². The summed E-state index contributed by atoms with van der Waals surface area (Å²) in [7, 11) is 1.61. The van der Waals surface area contributed by atoms with E-state index in [4.69, 9.17) is 9.47 Å². The maximum Gasteiger partial charge on any atom is 0.262 e. The maximum atomic E-state index is 13.3. The number of pyridine rings is 1. The Morgan fingerprint density at radius 2 is 1.89 bits per heavy atom. The number of fused-ring (bicyclic) bond motifs is 1. The zero-order chi connectivity index (χ0) is 24.4. The van der Waals surface area contributed by atoms with Crippen LogP contribution >= 0.6 is 11.8 Å². The summed E-state index contributed by atoms with van der Waals surface area (Å²) in [5.74, 6) is 1.55. The lowest BCUT2D eigenvalue weighted by molar-refractivity contribution is -0.118. The van der Waals surface area contributed by atoms with E-state index in [9.17, 15) is 9.59 Å². The second-order valence-electron chi connectivity index (χ2n) is 7.75. The van der Waals surface area contributed by atoms with Crippen molar-refractivity contribution in [3.63, 3.8) is 0 Å². The molecule has 1 N–H and O–H groups in total. The Kier molecular flexibility index (Phi) is 6.19. The van der Waals surface area contributed by atoms with Crippen LogP contribution in [0.15, 0.2) is 72.1 Å². The monoisotopic (exact) mass is 487 g/mol. The van der Waals surface area contributed by atoms with Gasteiger partial charge >= 0.3 is 0 Å². The Morgan fingerprint density at radius 1 is 1.11 bits per heavy atom. The number of carbonyl (C=O) groups is 2. The van der Waals surface area contributed by atoms with Crippen LogP contribution < -0.4 is 14.8 Å². The fourth-order valence-corrected chi connectivity index (χ4v) is 4.63. The Balaban J connectivity index is 1.46. The molecule has 3 heterocycles. The molecular weight excluding hydrogens is 466 g/mol. The number of methoxy groups -OCH3 is 1. The molecular formula is C25H21N5O4S. The minimum Gasteiger partial charge on any atom is -0.497 e. The molecule has 0 bridgehead atoms. The zero-order valence-electron chi connectivity index (χ0n) is 19.0.